The molecule has 0 aliphatic carbocycles. The highest BCUT2D eigenvalue weighted by atomic mass is 16.6. The summed E-state index contributed by atoms with van der Waals surface area (Å²) < 4.78 is 10.6. The molecule has 122 valence electrons. The minimum absolute atomic E-state index is 0.242. The topological polar surface area (TPSA) is 77.7 Å². The maximum atomic E-state index is 12.1. The van der Waals surface area contributed by atoms with Crippen LogP contribution in [0.2, 0.25) is 0 Å². The molecule has 2 heterocycles. The number of nitrogens with two attached hydrogens (primary N) is 1. The molecule has 22 heavy (non-hydrogen) atoms. The van der Waals surface area contributed by atoms with Crippen LogP contribution in [0.3, 0.4) is 0 Å². The highest BCUT2D eigenvalue weighted by Gasteiger charge is 2.28. The van der Waals surface area contributed by atoms with Crippen molar-refractivity contribution in [1.29, 1.82) is 0 Å². The van der Waals surface area contributed by atoms with Gasteiger partial charge in [0.25, 0.3) is 0 Å². The number of hydrogen-bond donors (Lipinski definition) is 1. The van der Waals surface area contributed by atoms with Crippen LogP contribution in [0.4, 0.5) is 10.5 Å². The number of rotatable bonds is 2. The van der Waals surface area contributed by atoms with Gasteiger partial charge >= 0.3 is 6.09 Å². The number of nitrogen functional groups attached to an aromatic ring is 1. The van der Waals surface area contributed by atoms with Crippen molar-refractivity contribution in [1.82, 2.24) is 9.88 Å². The summed E-state index contributed by atoms with van der Waals surface area (Å²) in [7, 11) is 1.56. The molecule has 1 aromatic rings. The predicted molar refractivity (Wildman–Crippen MR) is 85.0 cm³/mol. The Hall–Kier alpha value is -1.98. The average molecular weight is 307 g/mol. The lowest BCUT2D eigenvalue weighted by Crippen LogP contribution is -2.41. The Bertz CT molecular complexity index is 532. The van der Waals surface area contributed by atoms with Gasteiger partial charge in [-0.2, -0.15) is 0 Å². The molecule has 1 saturated heterocycles. The molecule has 6 nitrogen and oxygen atoms in total. The lowest BCUT2D eigenvalue weighted by Gasteiger charge is -2.33. The number of carbonyl (C=O) groups excluding carboxylic acids is 1. The second-order valence-corrected chi connectivity index (χ2v) is 6.58. The van der Waals surface area contributed by atoms with Crippen LogP contribution in [-0.4, -0.2) is 41.8 Å². The lowest BCUT2D eigenvalue weighted by molar-refractivity contribution is 0.0204. The van der Waals surface area contributed by atoms with Crippen molar-refractivity contribution in [2.24, 2.45) is 0 Å². The van der Waals surface area contributed by atoms with Crippen molar-refractivity contribution in [2.75, 3.05) is 25.9 Å². The van der Waals surface area contributed by atoms with E-state index in [9.17, 15) is 4.79 Å². The minimum atomic E-state index is -0.459. The van der Waals surface area contributed by atoms with Crippen molar-refractivity contribution in [2.45, 2.75) is 45.1 Å². The lowest BCUT2D eigenvalue weighted by atomic mass is 9.93. The van der Waals surface area contributed by atoms with E-state index in [1.165, 1.54) is 0 Å². The van der Waals surface area contributed by atoms with Gasteiger partial charge < -0.3 is 20.1 Å². The molecule has 1 aromatic heterocycles. The Morgan fingerprint density at radius 3 is 2.50 bits per heavy atom. The molecule has 0 unspecified atom stereocenters. The van der Waals surface area contributed by atoms with Gasteiger partial charge in [-0.3, -0.25) is 0 Å². The molecule has 0 bridgehead atoms. The van der Waals surface area contributed by atoms with Crippen LogP contribution in [-0.2, 0) is 4.74 Å². The molecule has 2 N–H and O–H groups in total. The summed E-state index contributed by atoms with van der Waals surface area (Å²) in [4.78, 5) is 18.3. The molecular weight excluding hydrogens is 282 g/mol. The highest BCUT2D eigenvalue weighted by molar-refractivity contribution is 5.68. The largest absolute Gasteiger partial charge is 0.480 e. The molecule has 1 aliphatic rings. The van der Waals surface area contributed by atoms with Crippen molar-refractivity contribution in [3.8, 4) is 5.88 Å². The van der Waals surface area contributed by atoms with E-state index in [1.807, 2.05) is 32.9 Å². The molecule has 0 aromatic carbocycles. The third-order valence-corrected chi connectivity index (χ3v) is 3.67. The minimum Gasteiger partial charge on any atom is -0.480 e. The number of methoxy groups -OCH3 is 1. The Morgan fingerprint density at radius 1 is 1.32 bits per heavy atom. The number of hydrogen-bond acceptors (Lipinski definition) is 5. The number of carbonyl (C=O) groups is 1. The zero-order valence-corrected chi connectivity index (χ0v) is 13.8. The molecule has 0 spiro atoms. The van der Waals surface area contributed by atoms with Crippen LogP contribution < -0.4 is 10.5 Å². The van der Waals surface area contributed by atoms with E-state index in [0.717, 1.165) is 18.5 Å². The van der Waals surface area contributed by atoms with Crippen LogP contribution in [0.25, 0.3) is 0 Å². The van der Waals surface area contributed by atoms with Crippen molar-refractivity contribution < 1.29 is 14.3 Å². The summed E-state index contributed by atoms with van der Waals surface area (Å²) in [5.74, 6) is 0.778. The monoisotopic (exact) mass is 307 g/mol. The first-order chi connectivity index (χ1) is 10.3. The molecule has 6 heteroatoms. The summed E-state index contributed by atoms with van der Waals surface area (Å²) in [6.45, 7) is 6.98. The smallest absolute Gasteiger partial charge is 0.410 e. The molecule has 0 saturated carbocycles. The first-order valence-corrected chi connectivity index (χ1v) is 7.58. The standard InChI is InChI=1S/C16H25N3O3/c1-16(2,3)22-15(20)19-9-7-11(8-10-19)13-6-5-12(17)14(18-13)21-4/h5-6,11H,7-10,17H2,1-4H3. The Morgan fingerprint density at radius 2 is 1.95 bits per heavy atom. The fourth-order valence-electron chi connectivity index (χ4n) is 2.54. The molecule has 1 amide bonds. The summed E-state index contributed by atoms with van der Waals surface area (Å²) >= 11 is 0. The van der Waals surface area contributed by atoms with E-state index in [4.69, 9.17) is 15.2 Å². The summed E-state index contributed by atoms with van der Waals surface area (Å²) in [6, 6.07) is 3.76. The Labute approximate surface area is 131 Å². The number of piperidine rings is 1. The molecule has 1 aliphatic heterocycles. The number of anilines is 1. The maximum absolute atomic E-state index is 12.1. The van der Waals surface area contributed by atoms with Gasteiger partial charge in [-0.1, -0.05) is 0 Å². The van der Waals surface area contributed by atoms with E-state index in [2.05, 4.69) is 4.98 Å². The average Bonchev–Trinajstić information content (AvgIpc) is 2.46. The Kier molecular flexibility index (Phi) is 4.78. The van der Waals surface area contributed by atoms with Gasteiger partial charge in [-0.05, 0) is 45.7 Å². The normalized spacial score (nSPS) is 16.5. The first-order valence-electron chi connectivity index (χ1n) is 7.58. The van der Waals surface area contributed by atoms with Gasteiger partial charge in [0.1, 0.15) is 5.60 Å². The van der Waals surface area contributed by atoms with Gasteiger partial charge in [-0.25, -0.2) is 9.78 Å². The van der Waals surface area contributed by atoms with Crippen LogP contribution in [0.5, 0.6) is 5.88 Å². The van der Waals surface area contributed by atoms with E-state index in [-0.39, 0.29) is 6.09 Å². The zero-order valence-electron chi connectivity index (χ0n) is 13.8. The van der Waals surface area contributed by atoms with E-state index in [1.54, 1.807) is 12.0 Å². The van der Waals surface area contributed by atoms with E-state index >= 15 is 0 Å². The first kappa shape index (κ1) is 16.4. The third kappa shape index (κ3) is 4.02. The Balaban J connectivity index is 1.96. The van der Waals surface area contributed by atoms with Gasteiger partial charge in [0.15, 0.2) is 0 Å². The van der Waals surface area contributed by atoms with Crippen molar-refractivity contribution >= 4 is 11.8 Å². The van der Waals surface area contributed by atoms with Gasteiger partial charge in [0, 0.05) is 24.7 Å². The molecule has 0 radical (unpaired) electrons. The van der Waals surface area contributed by atoms with Crippen LogP contribution >= 0.6 is 0 Å². The number of amides is 1. The zero-order chi connectivity index (χ0) is 16.3. The summed E-state index contributed by atoms with van der Waals surface area (Å²) in [6.07, 6.45) is 1.48. The molecule has 2 rings (SSSR count). The SMILES string of the molecule is COc1nc(C2CCN(C(=O)OC(C)(C)C)CC2)ccc1N. The van der Waals surface area contributed by atoms with E-state index < -0.39 is 5.60 Å². The van der Waals surface area contributed by atoms with Crippen LogP contribution in [0, 0.1) is 0 Å². The van der Waals surface area contributed by atoms with Crippen molar-refractivity contribution in [3.05, 3.63) is 17.8 Å². The van der Waals surface area contributed by atoms with E-state index in [0.29, 0.717) is 30.6 Å². The number of nitrogens with zero attached hydrogens (tertiary/aromatic N) is 2. The van der Waals surface area contributed by atoms with Crippen LogP contribution in [0.1, 0.15) is 45.2 Å². The predicted octanol–water partition coefficient (Wildman–Crippen LogP) is 2.79. The quantitative estimate of drug-likeness (QED) is 0.909. The number of pyridine rings is 1. The van der Waals surface area contributed by atoms with Gasteiger partial charge in [0.05, 0.1) is 12.8 Å². The molecule has 1 fully saturated rings. The second kappa shape index (κ2) is 6.42. The fourth-order valence-corrected chi connectivity index (χ4v) is 2.54. The molecule has 0 atom stereocenters. The highest BCUT2D eigenvalue weighted by Crippen LogP contribution is 2.30. The third-order valence-electron chi connectivity index (χ3n) is 3.67. The van der Waals surface area contributed by atoms with Gasteiger partial charge in [0.2, 0.25) is 5.88 Å². The van der Waals surface area contributed by atoms with Gasteiger partial charge in [-0.15, -0.1) is 0 Å². The number of likely N-dealkylation sites (tertiary alicyclic amines) is 1. The van der Waals surface area contributed by atoms with Crippen LogP contribution in [0.15, 0.2) is 12.1 Å². The maximum Gasteiger partial charge on any atom is 0.410 e. The fraction of sp³-hybridized carbons (Fsp3) is 0.625. The van der Waals surface area contributed by atoms with Crippen molar-refractivity contribution in [3.63, 3.8) is 0 Å². The summed E-state index contributed by atoms with van der Waals surface area (Å²) in [5, 5.41) is 0. The number of aromatic nitrogens is 1. The number of ether oxygens (including phenoxy) is 2. The summed E-state index contributed by atoms with van der Waals surface area (Å²) in [5.41, 5.74) is 6.84. The molecular formula is C16H25N3O3. The second-order valence-electron chi connectivity index (χ2n) is 6.58.